The summed E-state index contributed by atoms with van der Waals surface area (Å²) in [7, 11) is 0. The van der Waals surface area contributed by atoms with E-state index in [1.54, 1.807) is 11.0 Å². The van der Waals surface area contributed by atoms with Crippen LogP contribution >= 0.6 is 0 Å². The number of carbonyl (C=O) groups is 2. The lowest BCUT2D eigenvalue weighted by Gasteiger charge is -2.15. The van der Waals surface area contributed by atoms with E-state index in [0.717, 1.165) is 29.1 Å². The van der Waals surface area contributed by atoms with Crippen LogP contribution in [0.4, 0.5) is 5.69 Å². The van der Waals surface area contributed by atoms with Gasteiger partial charge in [0.1, 0.15) is 13.1 Å². The van der Waals surface area contributed by atoms with Gasteiger partial charge < -0.3 is 9.80 Å². The van der Waals surface area contributed by atoms with Crippen LogP contribution < -0.4 is 4.90 Å². The molecule has 0 aliphatic carbocycles. The molecule has 1 aromatic rings. The Balaban J connectivity index is 2.02. The SMILES string of the molecule is N#CCN(CC#N)C(=O)/C=C\c1ccc(N2CCCC2=O)cc1. The Kier molecular flexibility index (Phi) is 5.49. The van der Waals surface area contributed by atoms with Crippen LogP contribution in [0.1, 0.15) is 18.4 Å². The molecule has 23 heavy (non-hydrogen) atoms. The van der Waals surface area contributed by atoms with Gasteiger partial charge in [-0.2, -0.15) is 10.5 Å². The lowest BCUT2D eigenvalue weighted by molar-refractivity contribution is -0.124. The molecule has 1 saturated heterocycles. The topological polar surface area (TPSA) is 88.2 Å². The van der Waals surface area contributed by atoms with Crippen molar-refractivity contribution in [3.63, 3.8) is 0 Å². The lowest BCUT2D eigenvalue weighted by Crippen LogP contribution is -2.30. The molecule has 6 nitrogen and oxygen atoms in total. The second-order valence-electron chi connectivity index (χ2n) is 5.08. The van der Waals surface area contributed by atoms with Gasteiger partial charge in [-0.15, -0.1) is 0 Å². The van der Waals surface area contributed by atoms with Crippen molar-refractivity contribution in [1.29, 1.82) is 10.5 Å². The molecule has 1 aliphatic heterocycles. The quantitative estimate of drug-likeness (QED) is 0.612. The average Bonchev–Trinajstić information content (AvgIpc) is 2.99. The fourth-order valence-electron chi connectivity index (χ4n) is 2.34. The van der Waals surface area contributed by atoms with E-state index in [1.165, 1.54) is 6.08 Å². The highest BCUT2D eigenvalue weighted by Gasteiger charge is 2.21. The Hall–Kier alpha value is -3.12. The summed E-state index contributed by atoms with van der Waals surface area (Å²) in [5.74, 6) is -0.251. The third kappa shape index (κ3) is 4.18. The fourth-order valence-corrected chi connectivity index (χ4v) is 2.34. The summed E-state index contributed by atoms with van der Waals surface area (Å²) in [5, 5.41) is 17.3. The standard InChI is InChI=1S/C17H16N4O2/c18-9-12-20(13-10-19)16(22)8-5-14-3-6-15(7-4-14)21-11-1-2-17(21)23/h3-8H,1-2,11-13H2/b8-5-. The molecule has 0 saturated carbocycles. The van der Waals surface area contributed by atoms with Crippen molar-refractivity contribution in [3.8, 4) is 12.1 Å². The monoisotopic (exact) mass is 308 g/mol. The van der Waals surface area contributed by atoms with Crippen molar-refractivity contribution in [2.45, 2.75) is 12.8 Å². The third-order valence-electron chi connectivity index (χ3n) is 3.53. The van der Waals surface area contributed by atoms with Crippen molar-refractivity contribution in [1.82, 2.24) is 4.90 Å². The minimum atomic E-state index is -0.383. The fraction of sp³-hybridized carbons (Fsp3) is 0.294. The van der Waals surface area contributed by atoms with Crippen LogP contribution in [0.5, 0.6) is 0 Å². The summed E-state index contributed by atoms with van der Waals surface area (Å²) >= 11 is 0. The number of anilines is 1. The molecule has 6 heteroatoms. The molecule has 0 aromatic heterocycles. The highest BCUT2D eigenvalue weighted by atomic mass is 16.2. The smallest absolute Gasteiger partial charge is 0.248 e. The predicted octanol–water partition coefficient (Wildman–Crippen LogP) is 1.70. The van der Waals surface area contributed by atoms with Gasteiger partial charge in [0.15, 0.2) is 0 Å². The summed E-state index contributed by atoms with van der Waals surface area (Å²) in [6.45, 7) is 0.503. The van der Waals surface area contributed by atoms with Gasteiger partial charge >= 0.3 is 0 Å². The van der Waals surface area contributed by atoms with Crippen molar-refractivity contribution in [2.75, 3.05) is 24.5 Å². The van der Waals surface area contributed by atoms with Crippen LogP contribution in [0.25, 0.3) is 6.08 Å². The normalized spacial score (nSPS) is 13.8. The van der Waals surface area contributed by atoms with E-state index in [9.17, 15) is 9.59 Å². The van der Waals surface area contributed by atoms with Gasteiger partial charge in [0.25, 0.3) is 0 Å². The molecule has 2 rings (SSSR count). The van der Waals surface area contributed by atoms with Gasteiger partial charge in [-0.25, -0.2) is 0 Å². The Labute approximate surface area is 134 Å². The number of hydrogen-bond acceptors (Lipinski definition) is 4. The molecule has 0 unspecified atom stereocenters. The van der Waals surface area contributed by atoms with Crippen LogP contribution in [0.3, 0.4) is 0 Å². The van der Waals surface area contributed by atoms with Crippen LogP contribution in [0, 0.1) is 22.7 Å². The molecule has 0 radical (unpaired) electrons. The Bertz CT molecular complexity index is 679. The molecule has 1 fully saturated rings. The van der Waals surface area contributed by atoms with Crippen molar-refractivity contribution in [3.05, 3.63) is 35.9 Å². The number of nitrogens with zero attached hydrogens (tertiary/aromatic N) is 4. The van der Waals surface area contributed by atoms with E-state index in [0.29, 0.717) is 6.42 Å². The zero-order chi connectivity index (χ0) is 16.7. The van der Waals surface area contributed by atoms with Gasteiger partial charge in [0, 0.05) is 24.7 Å². The zero-order valence-corrected chi connectivity index (χ0v) is 12.6. The largest absolute Gasteiger partial charge is 0.313 e. The summed E-state index contributed by atoms with van der Waals surface area (Å²) in [5.41, 5.74) is 1.66. The molecule has 0 bridgehead atoms. The Morgan fingerprint density at radius 3 is 2.39 bits per heavy atom. The van der Waals surface area contributed by atoms with Crippen LogP contribution in [0.15, 0.2) is 30.3 Å². The van der Waals surface area contributed by atoms with Crippen molar-refractivity contribution < 1.29 is 9.59 Å². The molecule has 2 amide bonds. The van der Waals surface area contributed by atoms with Gasteiger partial charge in [0.2, 0.25) is 11.8 Å². The number of nitriles is 2. The van der Waals surface area contributed by atoms with Crippen LogP contribution in [-0.2, 0) is 9.59 Å². The maximum absolute atomic E-state index is 11.9. The third-order valence-corrected chi connectivity index (χ3v) is 3.53. The second-order valence-corrected chi connectivity index (χ2v) is 5.08. The first-order valence-electron chi connectivity index (χ1n) is 7.27. The van der Waals surface area contributed by atoms with Crippen molar-refractivity contribution >= 4 is 23.6 Å². The summed E-state index contributed by atoms with van der Waals surface area (Å²) in [4.78, 5) is 26.5. The summed E-state index contributed by atoms with van der Waals surface area (Å²) in [6, 6.07) is 11.0. The van der Waals surface area contributed by atoms with Gasteiger partial charge in [0.05, 0.1) is 12.1 Å². The number of rotatable bonds is 5. The maximum Gasteiger partial charge on any atom is 0.248 e. The maximum atomic E-state index is 11.9. The van der Waals surface area contributed by atoms with E-state index < -0.39 is 0 Å². The van der Waals surface area contributed by atoms with E-state index in [-0.39, 0.29) is 24.9 Å². The summed E-state index contributed by atoms with van der Waals surface area (Å²) < 4.78 is 0. The molecule has 1 aliphatic rings. The number of hydrogen-bond donors (Lipinski definition) is 0. The molecule has 116 valence electrons. The molecule has 1 heterocycles. The first kappa shape index (κ1) is 16.3. The molecule has 0 N–H and O–H groups in total. The van der Waals surface area contributed by atoms with Crippen LogP contribution in [0.2, 0.25) is 0 Å². The Morgan fingerprint density at radius 1 is 1.22 bits per heavy atom. The molecular weight excluding hydrogens is 292 g/mol. The van der Waals surface area contributed by atoms with E-state index >= 15 is 0 Å². The predicted molar refractivity (Wildman–Crippen MR) is 84.9 cm³/mol. The minimum Gasteiger partial charge on any atom is -0.313 e. The highest BCUT2D eigenvalue weighted by Crippen LogP contribution is 2.21. The number of carbonyl (C=O) groups excluding carboxylic acids is 2. The van der Waals surface area contributed by atoms with Crippen molar-refractivity contribution in [2.24, 2.45) is 0 Å². The molecular formula is C17H16N4O2. The van der Waals surface area contributed by atoms with Gasteiger partial charge in [-0.1, -0.05) is 12.1 Å². The average molecular weight is 308 g/mol. The summed E-state index contributed by atoms with van der Waals surface area (Å²) in [6.07, 6.45) is 4.43. The molecule has 0 spiro atoms. The van der Waals surface area contributed by atoms with E-state index in [1.807, 2.05) is 36.4 Å². The first-order valence-corrected chi connectivity index (χ1v) is 7.27. The van der Waals surface area contributed by atoms with E-state index in [2.05, 4.69) is 0 Å². The number of amides is 2. The Morgan fingerprint density at radius 2 is 1.87 bits per heavy atom. The second kappa shape index (κ2) is 7.77. The van der Waals surface area contributed by atoms with Crippen LogP contribution in [-0.4, -0.2) is 36.3 Å². The highest BCUT2D eigenvalue weighted by molar-refractivity contribution is 5.95. The lowest BCUT2D eigenvalue weighted by atomic mass is 10.2. The number of benzene rings is 1. The first-order chi connectivity index (χ1) is 11.2. The van der Waals surface area contributed by atoms with Gasteiger partial charge in [-0.05, 0) is 30.2 Å². The minimum absolute atomic E-state index is 0.118. The molecule has 0 atom stereocenters. The zero-order valence-electron chi connectivity index (χ0n) is 12.6. The molecule has 1 aromatic carbocycles. The van der Waals surface area contributed by atoms with Gasteiger partial charge in [-0.3, -0.25) is 9.59 Å². The van der Waals surface area contributed by atoms with E-state index in [4.69, 9.17) is 10.5 Å².